The maximum Gasteiger partial charge on any atom is 0.303 e. The van der Waals surface area contributed by atoms with E-state index < -0.39 is 12.0 Å². The van der Waals surface area contributed by atoms with E-state index in [0.29, 0.717) is 11.3 Å². The number of hydrogen-bond donors (Lipinski definition) is 3. The molecule has 0 heterocycles. The topological polar surface area (TPSA) is 92.8 Å². The normalized spacial score (nSPS) is 12.2. The van der Waals surface area contributed by atoms with Gasteiger partial charge in [-0.3, -0.25) is 4.79 Å². The van der Waals surface area contributed by atoms with Gasteiger partial charge in [0.05, 0.1) is 7.11 Å². The number of carboxylic acids is 1. The number of benzene rings is 1. The van der Waals surface area contributed by atoms with Crippen molar-refractivity contribution in [1.82, 2.24) is 0 Å². The van der Waals surface area contributed by atoms with Crippen LogP contribution in [0.4, 0.5) is 0 Å². The molecule has 5 nitrogen and oxygen atoms in total. The van der Waals surface area contributed by atoms with Gasteiger partial charge in [0.1, 0.15) is 0 Å². The molecule has 1 aromatic carbocycles. The van der Waals surface area contributed by atoms with Crippen LogP contribution < -0.4 is 10.5 Å². The predicted octanol–water partition coefficient (Wildman–Crippen LogP) is 1.57. The average molecular weight is 239 g/mol. The monoisotopic (exact) mass is 239 g/mol. The van der Waals surface area contributed by atoms with E-state index in [-0.39, 0.29) is 18.6 Å². The lowest BCUT2D eigenvalue weighted by Gasteiger charge is -2.16. The van der Waals surface area contributed by atoms with E-state index in [0.717, 1.165) is 5.56 Å². The summed E-state index contributed by atoms with van der Waals surface area (Å²) < 4.78 is 5.07. The quantitative estimate of drug-likeness (QED) is 0.725. The summed E-state index contributed by atoms with van der Waals surface area (Å²) in [6.07, 6.45) is 0.242. The van der Waals surface area contributed by atoms with Crippen LogP contribution in [0.1, 0.15) is 30.0 Å². The third-order valence-corrected chi connectivity index (χ3v) is 2.63. The van der Waals surface area contributed by atoms with Gasteiger partial charge < -0.3 is 20.7 Å². The molecule has 0 aliphatic rings. The predicted molar refractivity (Wildman–Crippen MR) is 63.2 cm³/mol. The van der Waals surface area contributed by atoms with Crippen LogP contribution >= 0.6 is 0 Å². The summed E-state index contributed by atoms with van der Waals surface area (Å²) in [5.41, 5.74) is 7.15. The molecule has 5 heteroatoms. The van der Waals surface area contributed by atoms with Crippen LogP contribution in [-0.2, 0) is 4.79 Å². The van der Waals surface area contributed by atoms with Crippen molar-refractivity contribution in [2.24, 2.45) is 5.73 Å². The van der Waals surface area contributed by atoms with Crippen molar-refractivity contribution in [1.29, 1.82) is 0 Å². The van der Waals surface area contributed by atoms with E-state index >= 15 is 0 Å². The molecule has 0 aliphatic heterocycles. The van der Waals surface area contributed by atoms with Crippen LogP contribution in [0.5, 0.6) is 11.5 Å². The highest BCUT2D eigenvalue weighted by Crippen LogP contribution is 2.36. The van der Waals surface area contributed by atoms with E-state index in [1.54, 1.807) is 12.1 Å². The van der Waals surface area contributed by atoms with Gasteiger partial charge in [-0.2, -0.15) is 0 Å². The summed E-state index contributed by atoms with van der Waals surface area (Å²) in [6.45, 7) is 1.81. The first-order valence-corrected chi connectivity index (χ1v) is 5.31. The smallest absolute Gasteiger partial charge is 0.303 e. The third kappa shape index (κ3) is 3.10. The number of hydrogen-bond acceptors (Lipinski definition) is 4. The zero-order chi connectivity index (χ0) is 13.0. The number of rotatable bonds is 5. The Morgan fingerprint density at radius 1 is 1.53 bits per heavy atom. The number of aliphatic carboxylic acids is 1. The fourth-order valence-electron chi connectivity index (χ4n) is 1.68. The van der Waals surface area contributed by atoms with Crippen LogP contribution in [0.25, 0.3) is 0 Å². The molecule has 1 rings (SSSR count). The molecule has 17 heavy (non-hydrogen) atoms. The highest BCUT2D eigenvalue weighted by molar-refractivity contribution is 5.66. The third-order valence-electron chi connectivity index (χ3n) is 2.63. The molecule has 0 amide bonds. The van der Waals surface area contributed by atoms with Crippen LogP contribution in [0.2, 0.25) is 0 Å². The first kappa shape index (κ1) is 13.3. The summed E-state index contributed by atoms with van der Waals surface area (Å²) >= 11 is 0. The molecule has 1 aromatic rings. The van der Waals surface area contributed by atoms with Gasteiger partial charge in [0.2, 0.25) is 0 Å². The Balaban J connectivity index is 2.94. The minimum Gasteiger partial charge on any atom is -0.504 e. The van der Waals surface area contributed by atoms with Crippen LogP contribution in [0.15, 0.2) is 12.1 Å². The summed E-state index contributed by atoms with van der Waals surface area (Å²) in [5.74, 6) is -0.530. The maximum atomic E-state index is 10.5. The fraction of sp³-hybridized carbons (Fsp3) is 0.417. The first-order valence-electron chi connectivity index (χ1n) is 5.31. The Bertz CT molecular complexity index is 417. The molecule has 0 aromatic heterocycles. The molecule has 0 saturated carbocycles. The molecule has 1 unspecified atom stereocenters. The van der Waals surface area contributed by atoms with Crippen molar-refractivity contribution >= 4 is 5.97 Å². The highest BCUT2D eigenvalue weighted by Gasteiger charge is 2.17. The summed E-state index contributed by atoms with van der Waals surface area (Å²) in [5, 5.41) is 18.5. The second kappa shape index (κ2) is 5.54. The molecule has 1 atom stereocenters. The van der Waals surface area contributed by atoms with Gasteiger partial charge in [-0.1, -0.05) is 12.1 Å². The van der Waals surface area contributed by atoms with Crippen LogP contribution in [0, 0.1) is 6.92 Å². The molecular weight excluding hydrogens is 222 g/mol. The van der Waals surface area contributed by atoms with Crippen molar-refractivity contribution in [3.05, 3.63) is 23.3 Å². The Hall–Kier alpha value is -1.75. The SMILES string of the molecule is COc1c(C)ccc(C(N)CCC(=O)O)c1O. The van der Waals surface area contributed by atoms with Gasteiger partial charge in [-0.25, -0.2) is 0 Å². The van der Waals surface area contributed by atoms with Gasteiger partial charge in [0.25, 0.3) is 0 Å². The zero-order valence-electron chi connectivity index (χ0n) is 9.93. The number of methoxy groups -OCH3 is 1. The number of aromatic hydroxyl groups is 1. The van der Waals surface area contributed by atoms with Crippen molar-refractivity contribution in [2.45, 2.75) is 25.8 Å². The van der Waals surface area contributed by atoms with E-state index in [1.807, 2.05) is 6.92 Å². The highest BCUT2D eigenvalue weighted by atomic mass is 16.5. The van der Waals surface area contributed by atoms with E-state index in [4.69, 9.17) is 15.6 Å². The molecule has 0 spiro atoms. The lowest BCUT2D eigenvalue weighted by Crippen LogP contribution is -2.13. The second-order valence-electron chi connectivity index (χ2n) is 3.89. The summed E-state index contributed by atoms with van der Waals surface area (Å²) in [7, 11) is 1.47. The lowest BCUT2D eigenvalue weighted by molar-refractivity contribution is -0.137. The Labute approximate surface area is 99.8 Å². The number of nitrogens with two attached hydrogens (primary N) is 1. The molecule has 0 fully saturated rings. The molecular formula is C12H17NO4. The van der Waals surface area contributed by atoms with Gasteiger partial charge >= 0.3 is 5.97 Å². The number of phenolic OH excluding ortho intramolecular Hbond substituents is 1. The average Bonchev–Trinajstić information content (AvgIpc) is 2.26. The number of aryl methyl sites for hydroxylation is 1. The molecule has 0 aliphatic carbocycles. The number of ether oxygens (including phenoxy) is 1. The van der Waals surface area contributed by atoms with E-state index in [2.05, 4.69) is 0 Å². The van der Waals surface area contributed by atoms with Gasteiger partial charge in [0, 0.05) is 18.0 Å². The second-order valence-corrected chi connectivity index (χ2v) is 3.89. The van der Waals surface area contributed by atoms with Gasteiger partial charge in [-0.15, -0.1) is 0 Å². The summed E-state index contributed by atoms with van der Waals surface area (Å²) in [6, 6.07) is 2.97. The molecule has 94 valence electrons. The van der Waals surface area contributed by atoms with Crippen molar-refractivity contribution < 1.29 is 19.7 Å². The standard InChI is InChI=1S/C12H17NO4/c1-7-3-4-8(11(16)12(7)17-2)9(13)5-6-10(14)15/h3-4,9,16H,5-6,13H2,1-2H3,(H,14,15). The Morgan fingerprint density at radius 2 is 2.18 bits per heavy atom. The van der Waals surface area contributed by atoms with Crippen LogP contribution in [0.3, 0.4) is 0 Å². The largest absolute Gasteiger partial charge is 0.504 e. The fourth-order valence-corrected chi connectivity index (χ4v) is 1.68. The first-order chi connectivity index (χ1) is 7.97. The van der Waals surface area contributed by atoms with E-state index in [9.17, 15) is 9.90 Å². The minimum absolute atomic E-state index is 0.00890. The molecule has 4 N–H and O–H groups in total. The van der Waals surface area contributed by atoms with Crippen LogP contribution in [-0.4, -0.2) is 23.3 Å². The lowest BCUT2D eigenvalue weighted by atomic mass is 9.99. The van der Waals surface area contributed by atoms with Gasteiger partial charge in [0.15, 0.2) is 11.5 Å². The van der Waals surface area contributed by atoms with Crippen molar-refractivity contribution in [3.8, 4) is 11.5 Å². The Morgan fingerprint density at radius 3 is 2.71 bits per heavy atom. The minimum atomic E-state index is -0.904. The maximum absolute atomic E-state index is 10.5. The van der Waals surface area contributed by atoms with Crippen molar-refractivity contribution in [2.75, 3.05) is 7.11 Å². The molecule has 0 saturated heterocycles. The number of phenols is 1. The Kier molecular flexibility index (Phi) is 4.34. The zero-order valence-corrected chi connectivity index (χ0v) is 9.93. The number of carboxylic acid groups (broad SMARTS) is 1. The van der Waals surface area contributed by atoms with Crippen molar-refractivity contribution in [3.63, 3.8) is 0 Å². The number of carbonyl (C=O) groups is 1. The van der Waals surface area contributed by atoms with Gasteiger partial charge in [-0.05, 0) is 18.9 Å². The molecule has 0 bridgehead atoms. The van der Waals surface area contributed by atoms with E-state index in [1.165, 1.54) is 7.11 Å². The molecule has 0 radical (unpaired) electrons. The summed E-state index contributed by atoms with van der Waals surface area (Å²) in [4.78, 5) is 10.5.